The number of hydrogen-bond acceptors (Lipinski definition) is 5. The van der Waals surface area contributed by atoms with E-state index in [2.05, 4.69) is 9.72 Å². The van der Waals surface area contributed by atoms with Crippen LogP contribution in [0.5, 0.6) is 10.8 Å². The van der Waals surface area contributed by atoms with Gasteiger partial charge in [0.1, 0.15) is 10.8 Å². The zero-order valence-corrected chi connectivity index (χ0v) is 10.9. The first-order valence-electron chi connectivity index (χ1n) is 5.29. The van der Waals surface area contributed by atoms with Gasteiger partial charge < -0.3 is 9.47 Å². The fraction of sp³-hybridized carbons (Fsp3) is 0.167. The number of ether oxygens (including phenoxy) is 2. The predicted octanol–water partition coefficient (Wildman–Crippen LogP) is 3.53. The Balaban J connectivity index is 2.35. The third-order valence-corrected chi connectivity index (χ3v) is 3.31. The molecule has 2 aromatic rings. The molecule has 1 heterocycles. The van der Waals surface area contributed by atoms with Gasteiger partial charge in [0, 0.05) is 5.56 Å². The Labute approximate surface area is 115 Å². The molecule has 106 valence electrons. The number of thiazole rings is 1. The van der Waals surface area contributed by atoms with Crippen molar-refractivity contribution in [2.75, 3.05) is 7.11 Å². The largest absolute Gasteiger partial charge is 0.573 e. The van der Waals surface area contributed by atoms with Crippen molar-refractivity contribution in [3.8, 4) is 21.4 Å². The number of rotatable bonds is 4. The van der Waals surface area contributed by atoms with E-state index in [0.29, 0.717) is 21.9 Å². The maximum atomic E-state index is 12.2. The Morgan fingerprint density at radius 2 is 2.10 bits per heavy atom. The lowest BCUT2D eigenvalue weighted by Gasteiger charge is -2.09. The van der Waals surface area contributed by atoms with Gasteiger partial charge in [-0.2, -0.15) is 0 Å². The number of aromatic nitrogens is 1. The summed E-state index contributed by atoms with van der Waals surface area (Å²) >= 11 is 1.06. The summed E-state index contributed by atoms with van der Waals surface area (Å²) in [5.74, 6) is -0.350. The monoisotopic (exact) mass is 303 g/mol. The number of halogens is 3. The maximum absolute atomic E-state index is 12.2. The van der Waals surface area contributed by atoms with Crippen LogP contribution in [0.3, 0.4) is 0 Å². The highest BCUT2D eigenvalue weighted by molar-refractivity contribution is 7.17. The van der Waals surface area contributed by atoms with Crippen LogP contribution < -0.4 is 9.47 Å². The van der Waals surface area contributed by atoms with Crippen LogP contribution in [0.15, 0.2) is 24.3 Å². The van der Waals surface area contributed by atoms with Gasteiger partial charge in [-0.3, -0.25) is 4.79 Å². The molecule has 8 heteroatoms. The smallest absolute Gasteiger partial charge is 0.486 e. The number of hydrogen-bond donors (Lipinski definition) is 0. The van der Waals surface area contributed by atoms with Gasteiger partial charge in [0.25, 0.3) is 0 Å². The molecule has 0 unspecified atom stereocenters. The number of methoxy groups -OCH3 is 1. The lowest BCUT2D eigenvalue weighted by molar-refractivity contribution is -0.274. The lowest BCUT2D eigenvalue weighted by atomic mass is 10.2. The van der Waals surface area contributed by atoms with Crippen molar-refractivity contribution in [3.05, 3.63) is 30.0 Å². The fourth-order valence-electron chi connectivity index (χ4n) is 1.49. The third kappa shape index (κ3) is 3.27. The van der Waals surface area contributed by atoms with E-state index in [-0.39, 0.29) is 11.4 Å². The van der Waals surface area contributed by atoms with Gasteiger partial charge in [-0.05, 0) is 12.1 Å². The summed E-state index contributed by atoms with van der Waals surface area (Å²) < 4.78 is 45.2. The van der Waals surface area contributed by atoms with E-state index < -0.39 is 6.36 Å². The normalized spacial score (nSPS) is 11.2. The minimum absolute atomic E-state index is 0.106. The molecular formula is C12H8F3NO3S. The van der Waals surface area contributed by atoms with Crippen molar-refractivity contribution < 1.29 is 27.4 Å². The molecule has 1 aromatic carbocycles. The van der Waals surface area contributed by atoms with Gasteiger partial charge in [-0.1, -0.05) is 23.5 Å². The Bertz CT molecular complexity index is 625. The van der Waals surface area contributed by atoms with Crippen LogP contribution in [0.2, 0.25) is 0 Å². The molecule has 1 aromatic heterocycles. The van der Waals surface area contributed by atoms with Gasteiger partial charge in [-0.25, -0.2) is 4.98 Å². The molecule has 0 saturated heterocycles. The highest BCUT2D eigenvalue weighted by Gasteiger charge is 2.31. The van der Waals surface area contributed by atoms with Crippen LogP contribution in [0.4, 0.5) is 13.2 Å². The maximum Gasteiger partial charge on any atom is 0.573 e. The second kappa shape index (κ2) is 5.49. The molecule has 0 fully saturated rings. The summed E-state index contributed by atoms with van der Waals surface area (Å²) in [4.78, 5) is 14.8. The quantitative estimate of drug-likeness (QED) is 0.811. The molecule has 0 saturated carbocycles. The predicted molar refractivity (Wildman–Crippen MR) is 66.2 cm³/mol. The van der Waals surface area contributed by atoms with Gasteiger partial charge in [0.2, 0.25) is 5.06 Å². The van der Waals surface area contributed by atoms with Crippen molar-refractivity contribution in [2.45, 2.75) is 6.36 Å². The van der Waals surface area contributed by atoms with Crippen molar-refractivity contribution in [1.82, 2.24) is 4.98 Å². The molecule has 0 N–H and O–H groups in total. The van der Waals surface area contributed by atoms with Crippen LogP contribution in [0.25, 0.3) is 10.6 Å². The third-order valence-electron chi connectivity index (χ3n) is 2.23. The van der Waals surface area contributed by atoms with Crippen molar-refractivity contribution in [3.63, 3.8) is 0 Å². The number of aldehydes is 1. The minimum Gasteiger partial charge on any atom is -0.486 e. The number of benzene rings is 1. The van der Waals surface area contributed by atoms with Crippen LogP contribution in [0.1, 0.15) is 10.5 Å². The summed E-state index contributed by atoms with van der Waals surface area (Å²) in [6.07, 6.45) is -4.23. The van der Waals surface area contributed by atoms with Crippen LogP contribution in [-0.4, -0.2) is 24.7 Å². The average molecular weight is 303 g/mol. The average Bonchev–Trinajstić information content (AvgIpc) is 2.80. The van der Waals surface area contributed by atoms with E-state index >= 15 is 0 Å². The molecule has 20 heavy (non-hydrogen) atoms. The number of carbonyl (C=O) groups is 1. The molecule has 0 spiro atoms. The van der Waals surface area contributed by atoms with Crippen molar-refractivity contribution >= 4 is 17.6 Å². The standard InChI is InChI=1S/C12H8F3NO3S/c1-18-11-9(6-17)16-10(20-11)7-3-2-4-8(5-7)19-12(13,14)15/h2-6H,1H3. The zero-order valence-electron chi connectivity index (χ0n) is 10.1. The Morgan fingerprint density at radius 3 is 2.65 bits per heavy atom. The number of alkyl halides is 3. The molecule has 0 bridgehead atoms. The summed E-state index contributed by atoms with van der Waals surface area (Å²) in [6.45, 7) is 0. The first-order chi connectivity index (χ1) is 9.43. The summed E-state index contributed by atoms with van der Waals surface area (Å²) in [5, 5.41) is 0.675. The van der Waals surface area contributed by atoms with E-state index in [1.54, 1.807) is 6.07 Å². The Hall–Kier alpha value is -2.09. The molecule has 2 rings (SSSR count). The molecule has 0 radical (unpaired) electrons. The summed E-state index contributed by atoms with van der Waals surface area (Å²) in [7, 11) is 1.38. The molecule has 0 amide bonds. The fourth-order valence-corrected chi connectivity index (χ4v) is 2.33. The van der Waals surface area contributed by atoms with E-state index in [0.717, 1.165) is 11.3 Å². The second-order valence-corrected chi connectivity index (χ2v) is 4.55. The van der Waals surface area contributed by atoms with E-state index in [1.165, 1.54) is 25.3 Å². The number of carbonyl (C=O) groups excluding carboxylic acids is 1. The highest BCUT2D eigenvalue weighted by atomic mass is 32.1. The van der Waals surface area contributed by atoms with E-state index in [4.69, 9.17) is 4.74 Å². The molecule has 0 aliphatic heterocycles. The first-order valence-corrected chi connectivity index (χ1v) is 6.11. The highest BCUT2D eigenvalue weighted by Crippen LogP contribution is 2.35. The molecule has 0 atom stereocenters. The molecule has 0 aliphatic rings. The summed E-state index contributed by atoms with van der Waals surface area (Å²) in [5.41, 5.74) is 0.512. The van der Waals surface area contributed by atoms with E-state index in [9.17, 15) is 18.0 Å². The molecular weight excluding hydrogens is 295 g/mol. The van der Waals surface area contributed by atoms with E-state index in [1.807, 2.05) is 0 Å². The lowest BCUT2D eigenvalue weighted by Crippen LogP contribution is -2.17. The van der Waals surface area contributed by atoms with Gasteiger partial charge in [0.05, 0.1) is 7.11 Å². The van der Waals surface area contributed by atoms with Crippen molar-refractivity contribution in [1.29, 1.82) is 0 Å². The number of nitrogens with zero attached hydrogens (tertiary/aromatic N) is 1. The minimum atomic E-state index is -4.76. The molecule has 0 aliphatic carbocycles. The molecule has 4 nitrogen and oxygen atoms in total. The van der Waals surface area contributed by atoms with Crippen LogP contribution >= 0.6 is 11.3 Å². The SMILES string of the molecule is COc1sc(-c2cccc(OC(F)(F)F)c2)nc1C=O. The van der Waals surface area contributed by atoms with Crippen molar-refractivity contribution in [2.24, 2.45) is 0 Å². The second-order valence-electron chi connectivity index (χ2n) is 3.59. The first kappa shape index (κ1) is 14.3. The summed E-state index contributed by atoms with van der Waals surface area (Å²) in [6, 6.07) is 5.35. The van der Waals surface area contributed by atoms with Crippen LogP contribution in [0, 0.1) is 0 Å². The van der Waals surface area contributed by atoms with Gasteiger partial charge >= 0.3 is 6.36 Å². The zero-order chi connectivity index (χ0) is 14.8. The Kier molecular flexibility index (Phi) is 3.93. The Morgan fingerprint density at radius 1 is 1.35 bits per heavy atom. The van der Waals surface area contributed by atoms with Gasteiger partial charge in [0.15, 0.2) is 12.0 Å². The van der Waals surface area contributed by atoms with Crippen LogP contribution in [-0.2, 0) is 0 Å². The topological polar surface area (TPSA) is 48.4 Å². The van der Waals surface area contributed by atoms with Gasteiger partial charge in [-0.15, -0.1) is 13.2 Å².